The predicted molar refractivity (Wildman–Crippen MR) is 175 cm³/mol. The zero-order chi connectivity index (χ0) is 28.2. The fourth-order valence-electron chi connectivity index (χ4n) is 5.87. The average Bonchev–Trinajstić information content (AvgIpc) is 3.00. The van der Waals surface area contributed by atoms with Gasteiger partial charge in [0.05, 0.1) is 34.5 Å². The maximum Gasteiger partial charge on any atom is 0.0975 e. The van der Waals surface area contributed by atoms with E-state index in [-0.39, 0.29) is 0 Å². The molecule has 4 aromatic rings. The van der Waals surface area contributed by atoms with E-state index in [9.17, 15) is 0 Å². The minimum absolute atomic E-state index is 0.311. The molecule has 1 unspecified atom stereocenters. The molecule has 0 saturated carbocycles. The standard InChI is InChI=1S/C37H36N4/c1-4-12-27-14-11-23-41(25-27)24-26(3)38-33(13-5-2)34-22-20-29-19-21-31-35(28-15-7-6-8-16-28)30-17-9-10-18-32(30)39-37(31)36(29)40-34/h4,6-15,17-22,25,28H,5,16,23-24H2,1-3H3/b12-4-,33-13-,38-26+. The number of allylic oxidation sites excluding steroid dienone is 9. The molecular formula is C37H36N4. The lowest BCUT2D eigenvalue weighted by Gasteiger charge is -2.22. The second-order valence-electron chi connectivity index (χ2n) is 10.7. The van der Waals surface area contributed by atoms with Crippen LogP contribution in [0, 0.1) is 0 Å². The molecule has 6 rings (SSSR count). The summed E-state index contributed by atoms with van der Waals surface area (Å²) < 4.78 is 0. The van der Waals surface area contributed by atoms with Crippen molar-refractivity contribution in [2.45, 2.75) is 39.5 Å². The Bertz CT molecular complexity index is 1830. The summed E-state index contributed by atoms with van der Waals surface area (Å²) in [5.74, 6) is 0.311. The van der Waals surface area contributed by atoms with Crippen molar-refractivity contribution in [3.63, 3.8) is 0 Å². The van der Waals surface area contributed by atoms with Gasteiger partial charge in [-0.2, -0.15) is 0 Å². The first-order valence-corrected chi connectivity index (χ1v) is 14.6. The molecule has 1 aliphatic carbocycles. The third-order valence-electron chi connectivity index (χ3n) is 7.65. The first-order valence-electron chi connectivity index (χ1n) is 14.6. The van der Waals surface area contributed by atoms with Crippen LogP contribution < -0.4 is 0 Å². The minimum atomic E-state index is 0.311. The smallest absolute Gasteiger partial charge is 0.0975 e. The number of hydrogen-bond acceptors (Lipinski definition) is 4. The van der Waals surface area contributed by atoms with Gasteiger partial charge >= 0.3 is 0 Å². The predicted octanol–water partition coefficient (Wildman–Crippen LogP) is 9.08. The van der Waals surface area contributed by atoms with Crippen LogP contribution in [0.2, 0.25) is 0 Å². The largest absolute Gasteiger partial charge is 0.368 e. The van der Waals surface area contributed by atoms with E-state index in [1.165, 1.54) is 21.9 Å². The second kappa shape index (κ2) is 11.9. The highest BCUT2D eigenvalue weighted by molar-refractivity contribution is 6.09. The summed E-state index contributed by atoms with van der Waals surface area (Å²) in [5, 5.41) is 3.48. The lowest BCUT2D eigenvalue weighted by Crippen LogP contribution is -2.25. The third kappa shape index (κ3) is 5.55. The number of hydrogen-bond donors (Lipinski definition) is 0. The number of benzene rings is 2. The van der Waals surface area contributed by atoms with E-state index in [1.807, 2.05) is 6.92 Å². The van der Waals surface area contributed by atoms with E-state index >= 15 is 0 Å². The number of aromatic nitrogens is 2. The van der Waals surface area contributed by atoms with Crippen LogP contribution in [0.15, 0.2) is 120 Å². The van der Waals surface area contributed by atoms with Gasteiger partial charge in [-0.1, -0.05) is 98.0 Å². The molecule has 2 aromatic carbocycles. The van der Waals surface area contributed by atoms with Gasteiger partial charge in [0.15, 0.2) is 0 Å². The molecule has 0 amide bonds. The third-order valence-corrected chi connectivity index (χ3v) is 7.65. The van der Waals surface area contributed by atoms with Crippen molar-refractivity contribution in [1.82, 2.24) is 14.9 Å². The molecule has 0 bridgehead atoms. The molecule has 2 aliphatic rings. The first-order chi connectivity index (χ1) is 20.1. The molecule has 4 nitrogen and oxygen atoms in total. The summed E-state index contributed by atoms with van der Waals surface area (Å²) in [7, 11) is 0. The summed E-state index contributed by atoms with van der Waals surface area (Å²) in [5.41, 5.74) is 8.28. The highest BCUT2D eigenvalue weighted by Crippen LogP contribution is 2.38. The molecule has 0 radical (unpaired) electrons. The molecule has 3 heterocycles. The van der Waals surface area contributed by atoms with Gasteiger partial charge in [0.2, 0.25) is 0 Å². The van der Waals surface area contributed by atoms with Gasteiger partial charge in [-0.3, -0.25) is 4.99 Å². The Balaban J connectivity index is 1.44. The van der Waals surface area contributed by atoms with E-state index in [1.54, 1.807) is 0 Å². The molecule has 0 fully saturated rings. The Morgan fingerprint density at radius 1 is 1.00 bits per heavy atom. The molecule has 2 aromatic heterocycles. The number of rotatable bonds is 7. The van der Waals surface area contributed by atoms with Gasteiger partial charge < -0.3 is 4.90 Å². The monoisotopic (exact) mass is 536 g/mol. The van der Waals surface area contributed by atoms with Gasteiger partial charge in [0.1, 0.15) is 0 Å². The molecule has 4 heteroatoms. The minimum Gasteiger partial charge on any atom is -0.368 e. The molecule has 1 atom stereocenters. The van der Waals surface area contributed by atoms with Gasteiger partial charge in [0, 0.05) is 40.5 Å². The van der Waals surface area contributed by atoms with Gasteiger partial charge in [-0.15, -0.1) is 0 Å². The Labute approximate surface area is 242 Å². The molecule has 1 aliphatic heterocycles. The van der Waals surface area contributed by atoms with Crippen LogP contribution in [0.3, 0.4) is 0 Å². The fraction of sp³-hybridized carbons (Fsp3) is 0.216. The quantitative estimate of drug-likeness (QED) is 0.134. The maximum atomic E-state index is 5.24. The normalized spacial score (nSPS) is 17.9. The number of pyridine rings is 2. The molecular weight excluding hydrogens is 500 g/mol. The lowest BCUT2D eigenvalue weighted by atomic mass is 9.87. The van der Waals surface area contributed by atoms with Crippen LogP contribution in [-0.2, 0) is 0 Å². The number of aliphatic imine (C=N–C) groups is 1. The van der Waals surface area contributed by atoms with Crippen LogP contribution in [0.25, 0.3) is 38.4 Å². The summed E-state index contributed by atoms with van der Waals surface area (Å²) >= 11 is 0. The molecule has 0 saturated heterocycles. The summed E-state index contributed by atoms with van der Waals surface area (Å²) in [6.45, 7) is 7.95. The van der Waals surface area contributed by atoms with E-state index < -0.39 is 0 Å². The van der Waals surface area contributed by atoms with Crippen molar-refractivity contribution >= 4 is 44.1 Å². The van der Waals surface area contributed by atoms with Crippen LogP contribution in [0.5, 0.6) is 0 Å². The van der Waals surface area contributed by atoms with Gasteiger partial charge in [0.25, 0.3) is 0 Å². The number of para-hydroxylation sites is 1. The van der Waals surface area contributed by atoms with E-state index in [4.69, 9.17) is 15.0 Å². The highest BCUT2D eigenvalue weighted by Gasteiger charge is 2.19. The zero-order valence-corrected chi connectivity index (χ0v) is 24.1. The van der Waals surface area contributed by atoms with Crippen molar-refractivity contribution in [2.75, 3.05) is 13.1 Å². The average molecular weight is 537 g/mol. The van der Waals surface area contributed by atoms with Crippen molar-refractivity contribution in [2.24, 2.45) is 4.99 Å². The highest BCUT2D eigenvalue weighted by atomic mass is 15.1. The van der Waals surface area contributed by atoms with Crippen LogP contribution >= 0.6 is 0 Å². The van der Waals surface area contributed by atoms with Crippen LogP contribution in [0.4, 0.5) is 0 Å². The SMILES string of the molecule is C/C=C\C1=CN(C/C(C)=N/C(=C\CC)c2ccc3ccc4c(C5C=CC=CC5)c5ccccc5nc4c3n2)CC=C1. The van der Waals surface area contributed by atoms with Crippen molar-refractivity contribution in [3.05, 3.63) is 126 Å². The first kappa shape index (κ1) is 26.6. The Morgan fingerprint density at radius 3 is 2.71 bits per heavy atom. The maximum absolute atomic E-state index is 5.24. The summed E-state index contributed by atoms with van der Waals surface area (Å²) in [6.07, 6.45) is 23.7. The Morgan fingerprint density at radius 2 is 1.88 bits per heavy atom. The zero-order valence-electron chi connectivity index (χ0n) is 24.1. The Hall–Kier alpha value is -4.57. The van der Waals surface area contributed by atoms with E-state index in [0.717, 1.165) is 65.0 Å². The topological polar surface area (TPSA) is 41.4 Å². The molecule has 0 spiro atoms. The van der Waals surface area contributed by atoms with Crippen molar-refractivity contribution < 1.29 is 0 Å². The number of fused-ring (bicyclic) bond motifs is 4. The van der Waals surface area contributed by atoms with Gasteiger partial charge in [-0.25, -0.2) is 9.97 Å². The van der Waals surface area contributed by atoms with Crippen LogP contribution in [-0.4, -0.2) is 33.7 Å². The lowest BCUT2D eigenvalue weighted by molar-refractivity contribution is 0.467. The second-order valence-corrected chi connectivity index (χ2v) is 10.7. The Kier molecular flexibility index (Phi) is 7.73. The fourth-order valence-corrected chi connectivity index (χ4v) is 5.87. The molecule has 41 heavy (non-hydrogen) atoms. The summed E-state index contributed by atoms with van der Waals surface area (Å²) in [4.78, 5) is 17.8. The van der Waals surface area contributed by atoms with E-state index in [0.29, 0.717) is 5.92 Å². The number of nitrogens with zero attached hydrogens (tertiary/aromatic N) is 4. The van der Waals surface area contributed by atoms with Crippen LogP contribution in [0.1, 0.15) is 50.8 Å². The summed E-state index contributed by atoms with van der Waals surface area (Å²) in [6, 6.07) is 17.2. The molecule has 0 N–H and O–H groups in total. The van der Waals surface area contributed by atoms with Gasteiger partial charge in [-0.05, 0) is 50.0 Å². The van der Waals surface area contributed by atoms with Crippen molar-refractivity contribution in [3.8, 4) is 0 Å². The van der Waals surface area contributed by atoms with Crippen molar-refractivity contribution in [1.29, 1.82) is 0 Å². The van der Waals surface area contributed by atoms with E-state index in [2.05, 4.69) is 128 Å². The molecule has 204 valence electrons.